The average molecular weight is 279 g/mol. The Balaban J connectivity index is 2.43. The highest BCUT2D eigenvalue weighted by Crippen LogP contribution is 2.24. The van der Waals surface area contributed by atoms with Crippen LogP contribution in [0.25, 0.3) is 10.8 Å². The highest BCUT2D eigenvalue weighted by atomic mass is 79.9. The summed E-state index contributed by atoms with van der Waals surface area (Å²) in [5.74, 6) is 0.921. The van der Waals surface area contributed by atoms with Crippen molar-refractivity contribution in [2.24, 2.45) is 0 Å². The average Bonchev–Trinajstić information content (AvgIpc) is 2.35. The molecule has 0 saturated carbocycles. The van der Waals surface area contributed by atoms with Crippen LogP contribution in [-0.2, 0) is 6.42 Å². The monoisotopic (exact) mass is 278 g/mol. The van der Waals surface area contributed by atoms with E-state index in [0.717, 1.165) is 17.5 Å². The van der Waals surface area contributed by atoms with Gasteiger partial charge in [-0.15, -0.1) is 0 Å². The molecule has 0 aliphatic carbocycles. The van der Waals surface area contributed by atoms with Crippen molar-refractivity contribution in [2.45, 2.75) is 12.8 Å². The summed E-state index contributed by atoms with van der Waals surface area (Å²) in [6.45, 7) is 0. The second kappa shape index (κ2) is 5.35. The van der Waals surface area contributed by atoms with Gasteiger partial charge in [0.05, 0.1) is 7.11 Å². The fourth-order valence-electron chi connectivity index (χ4n) is 1.93. The predicted octanol–water partition coefficient (Wildman–Crippen LogP) is 4.18. The standard InChI is InChI=1S/C14H15BrO/c1-16-13-7-8-14-11(6-3-9-15)4-2-5-12(14)10-13/h2,4-5,7-8,10H,3,6,9H2,1H3. The number of fused-ring (bicyclic) bond motifs is 1. The molecule has 2 heteroatoms. The maximum absolute atomic E-state index is 5.24. The van der Waals surface area contributed by atoms with E-state index in [9.17, 15) is 0 Å². The van der Waals surface area contributed by atoms with E-state index >= 15 is 0 Å². The summed E-state index contributed by atoms with van der Waals surface area (Å²) in [7, 11) is 1.70. The topological polar surface area (TPSA) is 9.23 Å². The zero-order chi connectivity index (χ0) is 11.4. The molecule has 2 aromatic rings. The molecule has 0 aliphatic rings. The summed E-state index contributed by atoms with van der Waals surface area (Å²) >= 11 is 3.47. The summed E-state index contributed by atoms with van der Waals surface area (Å²) in [4.78, 5) is 0. The molecular weight excluding hydrogens is 264 g/mol. The summed E-state index contributed by atoms with van der Waals surface area (Å²) in [6, 6.07) is 12.7. The second-order valence-electron chi connectivity index (χ2n) is 3.80. The van der Waals surface area contributed by atoms with Gasteiger partial charge < -0.3 is 4.74 Å². The van der Waals surface area contributed by atoms with Crippen molar-refractivity contribution >= 4 is 26.7 Å². The van der Waals surface area contributed by atoms with Crippen LogP contribution in [0.1, 0.15) is 12.0 Å². The van der Waals surface area contributed by atoms with Crippen molar-refractivity contribution in [3.05, 3.63) is 42.0 Å². The third-order valence-electron chi connectivity index (χ3n) is 2.76. The zero-order valence-corrected chi connectivity index (χ0v) is 11.0. The fourth-order valence-corrected chi connectivity index (χ4v) is 2.21. The number of benzene rings is 2. The Morgan fingerprint density at radius 1 is 1.19 bits per heavy atom. The van der Waals surface area contributed by atoms with E-state index in [-0.39, 0.29) is 0 Å². The zero-order valence-electron chi connectivity index (χ0n) is 9.37. The van der Waals surface area contributed by atoms with Crippen molar-refractivity contribution in [2.75, 3.05) is 12.4 Å². The fraction of sp³-hybridized carbons (Fsp3) is 0.286. The van der Waals surface area contributed by atoms with Crippen LogP contribution in [0.15, 0.2) is 36.4 Å². The summed E-state index contributed by atoms with van der Waals surface area (Å²) in [6.07, 6.45) is 2.29. The molecule has 2 rings (SSSR count). The van der Waals surface area contributed by atoms with Crippen LogP contribution < -0.4 is 4.74 Å². The first kappa shape index (κ1) is 11.5. The van der Waals surface area contributed by atoms with Crippen molar-refractivity contribution in [1.82, 2.24) is 0 Å². The van der Waals surface area contributed by atoms with Crippen LogP contribution in [0, 0.1) is 0 Å². The molecule has 2 aromatic carbocycles. The molecular formula is C14H15BrO. The number of halogens is 1. The number of methoxy groups -OCH3 is 1. The van der Waals surface area contributed by atoms with Gasteiger partial charge >= 0.3 is 0 Å². The molecule has 1 nitrogen and oxygen atoms in total. The molecule has 0 atom stereocenters. The lowest BCUT2D eigenvalue weighted by molar-refractivity contribution is 0.415. The molecule has 0 fully saturated rings. The first-order valence-corrected chi connectivity index (χ1v) is 6.59. The van der Waals surface area contributed by atoms with E-state index in [1.54, 1.807) is 7.11 Å². The van der Waals surface area contributed by atoms with E-state index in [1.165, 1.54) is 22.8 Å². The normalized spacial score (nSPS) is 10.6. The molecule has 0 heterocycles. The van der Waals surface area contributed by atoms with Crippen molar-refractivity contribution in [1.29, 1.82) is 0 Å². The lowest BCUT2D eigenvalue weighted by Gasteiger charge is -2.07. The van der Waals surface area contributed by atoms with Gasteiger partial charge in [-0.3, -0.25) is 0 Å². The molecule has 16 heavy (non-hydrogen) atoms. The largest absolute Gasteiger partial charge is 0.497 e. The molecule has 84 valence electrons. The maximum Gasteiger partial charge on any atom is 0.119 e. The number of ether oxygens (including phenoxy) is 1. The van der Waals surface area contributed by atoms with Gasteiger partial charge in [-0.1, -0.05) is 40.2 Å². The molecule has 0 radical (unpaired) electrons. The quantitative estimate of drug-likeness (QED) is 0.763. The number of hydrogen-bond donors (Lipinski definition) is 0. The van der Waals surface area contributed by atoms with Gasteiger partial charge in [0.2, 0.25) is 0 Å². The minimum Gasteiger partial charge on any atom is -0.497 e. The molecule has 0 saturated heterocycles. The van der Waals surface area contributed by atoms with Crippen molar-refractivity contribution < 1.29 is 4.74 Å². The number of aryl methyl sites for hydroxylation is 1. The van der Waals surface area contributed by atoms with Gasteiger partial charge in [-0.05, 0) is 41.3 Å². The summed E-state index contributed by atoms with van der Waals surface area (Å²) < 4.78 is 5.24. The van der Waals surface area contributed by atoms with E-state index in [0.29, 0.717) is 0 Å². The molecule has 0 unspecified atom stereocenters. The van der Waals surface area contributed by atoms with Gasteiger partial charge in [0.15, 0.2) is 0 Å². The SMILES string of the molecule is COc1ccc2c(CCCBr)cccc2c1. The van der Waals surface area contributed by atoms with Crippen LogP contribution in [0.4, 0.5) is 0 Å². The first-order chi connectivity index (χ1) is 7.85. The Morgan fingerprint density at radius 2 is 2.06 bits per heavy atom. The van der Waals surface area contributed by atoms with Crippen molar-refractivity contribution in [3.63, 3.8) is 0 Å². The first-order valence-electron chi connectivity index (χ1n) is 5.47. The molecule has 0 aliphatic heterocycles. The predicted molar refractivity (Wildman–Crippen MR) is 72.6 cm³/mol. The van der Waals surface area contributed by atoms with E-state index in [1.807, 2.05) is 6.07 Å². The van der Waals surface area contributed by atoms with Gasteiger partial charge in [0, 0.05) is 5.33 Å². The van der Waals surface area contributed by atoms with Crippen LogP contribution >= 0.6 is 15.9 Å². The molecule has 0 N–H and O–H groups in total. The van der Waals surface area contributed by atoms with Crippen LogP contribution in [-0.4, -0.2) is 12.4 Å². The minimum atomic E-state index is 0.921. The third kappa shape index (κ3) is 2.38. The minimum absolute atomic E-state index is 0.921. The molecule has 0 amide bonds. The highest BCUT2D eigenvalue weighted by molar-refractivity contribution is 9.09. The van der Waals surface area contributed by atoms with Gasteiger partial charge in [-0.25, -0.2) is 0 Å². The Kier molecular flexibility index (Phi) is 3.83. The Labute approximate surface area is 105 Å². The second-order valence-corrected chi connectivity index (χ2v) is 4.59. The van der Waals surface area contributed by atoms with Crippen LogP contribution in [0.2, 0.25) is 0 Å². The highest BCUT2D eigenvalue weighted by Gasteiger charge is 2.01. The molecule has 0 bridgehead atoms. The Hall–Kier alpha value is -1.02. The van der Waals surface area contributed by atoms with Gasteiger partial charge in [-0.2, -0.15) is 0 Å². The Bertz CT molecular complexity index is 479. The lowest BCUT2D eigenvalue weighted by atomic mass is 10.0. The van der Waals surface area contributed by atoms with E-state index in [4.69, 9.17) is 4.74 Å². The number of alkyl halides is 1. The summed E-state index contributed by atoms with van der Waals surface area (Å²) in [5.41, 5.74) is 1.42. The molecule has 0 aromatic heterocycles. The van der Waals surface area contributed by atoms with Gasteiger partial charge in [0.25, 0.3) is 0 Å². The van der Waals surface area contributed by atoms with Crippen LogP contribution in [0.3, 0.4) is 0 Å². The van der Waals surface area contributed by atoms with Gasteiger partial charge in [0.1, 0.15) is 5.75 Å². The Morgan fingerprint density at radius 3 is 2.81 bits per heavy atom. The number of hydrogen-bond acceptors (Lipinski definition) is 1. The van der Waals surface area contributed by atoms with Crippen molar-refractivity contribution in [3.8, 4) is 5.75 Å². The van der Waals surface area contributed by atoms with Crippen LogP contribution in [0.5, 0.6) is 5.75 Å². The smallest absolute Gasteiger partial charge is 0.119 e. The van der Waals surface area contributed by atoms with E-state index < -0.39 is 0 Å². The number of rotatable bonds is 4. The summed E-state index contributed by atoms with van der Waals surface area (Å²) in [5, 5.41) is 3.65. The maximum atomic E-state index is 5.24. The third-order valence-corrected chi connectivity index (χ3v) is 3.32. The van der Waals surface area contributed by atoms with E-state index in [2.05, 4.69) is 46.3 Å². The lowest BCUT2D eigenvalue weighted by Crippen LogP contribution is -1.89. The molecule has 0 spiro atoms.